The van der Waals surface area contributed by atoms with Gasteiger partial charge in [-0.15, -0.1) is 0 Å². The van der Waals surface area contributed by atoms with Crippen LogP contribution in [0.4, 0.5) is 5.82 Å². The van der Waals surface area contributed by atoms with Crippen LogP contribution >= 0.6 is 0 Å². The van der Waals surface area contributed by atoms with Crippen molar-refractivity contribution in [3.8, 4) is 0 Å². The van der Waals surface area contributed by atoms with Crippen LogP contribution in [0.3, 0.4) is 0 Å². The van der Waals surface area contributed by atoms with E-state index in [1.54, 1.807) is 16.6 Å². The van der Waals surface area contributed by atoms with Crippen LogP contribution in [0.1, 0.15) is 35.5 Å². The summed E-state index contributed by atoms with van der Waals surface area (Å²) < 4.78 is 1.60. The molecule has 0 radical (unpaired) electrons. The predicted molar refractivity (Wildman–Crippen MR) is 114 cm³/mol. The molecule has 0 aliphatic carbocycles. The lowest BCUT2D eigenvalue weighted by molar-refractivity contribution is -0.123. The molecule has 9 heteroatoms. The standard InChI is InChI=1S/C21H27N7O2/c1-13(2)18(27-19(29)16-7-5-14(3)6-8-16)20(30)23-10-9-22-17-11-15(4)26-21-24-12-25-28(17)21/h5-8,11-13,18,22H,9-10H2,1-4H3,(H,23,30)(H,27,29). The quantitative estimate of drug-likeness (QED) is 0.488. The second-order valence-corrected chi connectivity index (χ2v) is 7.53. The summed E-state index contributed by atoms with van der Waals surface area (Å²) >= 11 is 0. The minimum Gasteiger partial charge on any atom is -0.368 e. The topological polar surface area (TPSA) is 113 Å². The lowest BCUT2D eigenvalue weighted by Gasteiger charge is -2.22. The Hall–Kier alpha value is -3.49. The van der Waals surface area contributed by atoms with Crippen molar-refractivity contribution < 1.29 is 9.59 Å². The molecule has 0 aliphatic heterocycles. The maximum absolute atomic E-state index is 12.7. The summed E-state index contributed by atoms with van der Waals surface area (Å²) in [6.45, 7) is 8.52. The molecule has 0 bridgehead atoms. The van der Waals surface area contributed by atoms with E-state index >= 15 is 0 Å². The first kappa shape index (κ1) is 21.2. The summed E-state index contributed by atoms with van der Waals surface area (Å²) in [6, 6.07) is 8.50. The fourth-order valence-corrected chi connectivity index (χ4v) is 3.01. The Labute approximate surface area is 175 Å². The van der Waals surface area contributed by atoms with Crippen LogP contribution in [-0.4, -0.2) is 50.5 Å². The summed E-state index contributed by atoms with van der Waals surface area (Å²) in [5.74, 6) is 0.731. The molecule has 2 amide bonds. The van der Waals surface area contributed by atoms with Gasteiger partial charge in [0.1, 0.15) is 18.2 Å². The van der Waals surface area contributed by atoms with Crippen molar-refractivity contribution in [3.05, 3.63) is 53.5 Å². The van der Waals surface area contributed by atoms with Gasteiger partial charge in [-0.3, -0.25) is 9.59 Å². The highest BCUT2D eigenvalue weighted by Crippen LogP contribution is 2.10. The molecule has 9 nitrogen and oxygen atoms in total. The first-order valence-corrected chi connectivity index (χ1v) is 9.91. The fourth-order valence-electron chi connectivity index (χ4n) is 3.01. The Kier molecular flexibility index (Phi) is 6.61. The largest absolute Gasteiger partial charge is 0.368 e. The number of fused-ring (bicyclic) bond motifs is 1. The van der Waals surface area contributed by atoms with Gasteiger partial charge in [0, 0.05) is 30.4 Å². The number of nitrogens with zero attached hydrogens (tertiary/aromatic N) is 4. The van der Waals surface area contributed by atoms with Gasteiger partial charge in [0.05, 0.1) is 0 Å². The van der Waals surface area contributed by atoms with Crippen LogP contribution in [0.25, 0.3) is 5.78 Å². The van der Waals surface area contributed by atoms with Gasteiger partial charge in [-0.25, -0.2) is 4.98 Å². The van der Waals surface area contributed by atoms with E-state index in [1.165, 1.54) is 6.33 Å². The Morgan fingerprint density at radius 2 is 1.83 bits per heavy atom. The summed E-state index contributed by atoms with van der Waals surface area (Å²) in [5.41, 5.74) is 2.43. The average Bonchev–Trinajstić information content (AvgIpc) is 3.17. The van der Waals surface area contributed by atoms with E-state index in [-0.39, 0.29) is 17.7 Å². The van der Waals surface area contributed by atoms with E-state index in [1.807, 2.05) is 45.9 Å². The summed E-state index contributed by atoms with van der Waals surface area (Å²) in [4.78, 5) is 33.5. The molecule has 30 heavy (non-hydrogen) atoms. The smallest absolute Gasteiger partial charge is 0.254 e. The zero-order valence-electron chi connectivity index (χ0n) is 17.6. The summed E-state index contributed by atoms with van der Waals surface area (Å²) in [5, 5.41) is 13.1. The van der Waals surface area contributed by atoms with Crippen molar-refractivity contribution in [2.75, 3.05) is 18.4 Å². The number of hydrogen-bond acceptors (Lipinski definition) is 6. The molecule has 1 unspecified atom stereocenters. The van der Waals surface area contributed by atoms with Gasteiger partial charge in [-0.2, -0.15) is 14.6 Å². The highest BCUT2D eigenvalue weighted by Gasteiger charge is 2.24. The molecule has 2 aromatic heterocycles. The third kappa shape index (κ3) is 5.11. The van der Waals surface area contributed by atoms with E-state index in [0.29, 0.717) is 24.4 Å². The van der Waals surface area contributed by atoms with Gasteiger partial charge in [0.25, 0.3) is 11.7 Å². The van der Waals surface area contributed by atoms with E-state index in [0.717, 1.165) is 17.1 Å². The van der Waals surface area contributed by atoms with Crippen molar-refractivity contribution >= 4 is 23.4 Å². The molecule has 1 aromatic carbocycles. The Morgan fingerprint density at radius 1 is 1.10 bits per heavy atom. The number of aryl methyl sites for hydroxylation is 2. The van der Waals surface area contributed by atoms with Crippen LogP contribution in [0.5, 0.6) is 0 Å². The number of carbonyl (C=O) groups is 2. The van der Waals surface area contributed by atoms with Crippen molar-refractivity contribution in [2.45, 2.75) is 33.7 Å². The Bertz CT molecular complexity index is 1030. The van der Waals surface area contributed by atoms with Gasteiger partial charge in [0.15, 0.2) is 0 Å². The first-order valence-electron chi connectivity index (χ1n) is 9.91. The minimum absolute atomic E-state index is 0.0509. The molecule has 3 N–H and O–H groups in total. The number of benzene rings is 1. The number of nitrogens with one attached hydrogen (secondary N) is 3. The van der Waals surface area contributed by atoms with Gasteiger partial charge in [-0.05, 0) is 31.9 Å². The second kappa shape index (κ2) is 9.34. The number of carbonyl (C=O) groups excluding carboxylic acids is 2. The third-order valence-electron chi connectivity index (χ3n) is 4.66. The molecular formula is C21H27N7O2. The van der Waals surface area contributed by atoms with Crippen molar-refractivity contribution in [2.24, 2.45) is 5.92 Å². The molecule has 3 aromatic rings. The molecule has 3 rings (SSSR count). The van der Waals surface area contributed by atoms with Crippen molar-refractivity contribution in [1.82, 2.24) is 30.2 Å². The molecule has 1 atom stereocenters. The van der Waals surface area contributed by atoms with Crippen molar-refractivity contribution in [3.63, 3.8) is 0 Å². The van der Waals surface area contributed by atoms with E-state index in [2.05, 4.69) is 31.0 Å². The maximum atomic E-state index is 12.7. The number of amides is 2. The molecule has 0 fully saturated rings. The summed E-state index contributed by atoms with van der Waals surface area (Å²) in [6.07, 6.45) is 1.44. The average molecular weight is 409 g/mol. The highest BCUT2D eigenvalue weighted by molar-refractivity contribution is 5.97. The van der Waals surface area contributed by atoms with Crippen LogP contribution < -0.4 is 16.0 Å². The maximum Gasteiger partial charge on any atom is 0.254 e. The van der Waals surface area contributed by atoms with Crippen LogP contribution in [0.2, 0.25) is 0 Å². The monoisotopic (exact) mass is 409 g/mol. The molecule has 2 heterocycles. The van der Waals surface area contributed by atoms with E-state index in [9.17, 15) is 9.59 Å². The minimum atomic E-state index is -0.621. The van der Waals surface area contributed by atoms with Gasteiger partial charge < -0.3 is 16.0 Å². The molecule has 0 saturated carbocycles. The SMILES string of the molecule is Cc1ccc(C(=O)NC(C(=O)NCCNc2cc(C)nc3ncnn23)C(C)C)cc1. The Morgan fingerprint density at radius 3 is 2.53 bits per heavy atom. The van der Waals surface area contributed by atoms with Gasteiger partial charge in [0.2, 0.25) is 5.91 Å². The van der Waals surface area contributed by atoms with Crippen LogP contribution in [0.15, 0.2) is 36.7 Å². The number of aromatic nitrogens is 4. The molecule has 158 valence electrons. The highest BCUT2D eigenvalue weighted by atomic mass is 16.2. The Balaban J connectivity index is 1.54. The van der Waals surface area contributed by atoms with E-state index < -0.39 is 6.04 Å². The van der Waals surface area contributed by atoms with Gasteiger partial charge in [-0.1, -0.05) is 31.5 Å². The van der Waals surface area contributed by atoms with E-state index in [4.69, 9.17) is 0 Å². The zero-order valence-corrected chi connectivity index (χ0v) is 17.6. The normalized spacial score (nSPS) is 12.0. The summed E-state index contributed by atoms with van der Waals surface area (Å²) in [7, 11) is 0. The molecule has 0 saturated heterocycles. The van der Waals surface area contributed by atoms with Gasteiger partial charge >= 0.3 is 0 Å². The fraction of sp³-hybridized carbons (Fsp3) is 0.381. The molecule has 0 spiro atoms. The lowest BCUT2D eigenvalue weighted by Crippen LogP contribution is -2.50. The predicted octanol–water partition coefficient (Wildman–Crippen LogP) is 1.72. The van der Waals surface area contributed by atoms with Crippen LogP contribution in [-0.2, 0) is 4.79 Å². The number of anilines is 1. The lowest BCUT2D eigenvalue weighted by atomic mass is 10.0. The van der Waals surface area contributed by atoms with Crippen molar-refractivity contribution in [1.29, 1.82) is 0 Å². The number of hydrogen-bond donors (Lipinski definition) is 3. The van der Waals surface area contributed by atoms with Crippen LogP contribution in [0, 0.1) is 19.8 Å². The first-order chi connectivity index (χ1) is 14.3. The molecular weight excluding hydrogens is 382 g/mol. The zero-order chi connectivity index (χ0) is 21.7. The molecule has 0 aliphatic rings. The number of rotatable bonds is 8. The second-order valence-electron chi connectivity index (χ2n) is 7.53. The third-order valence-corrected chi connectivity index (χ3v) is 4.66.